The molecule has 0 aliphatic rings. The average Bonchev–Trinajstić information content (AvgIpc) is 2.37. The van der Waals surface area contributed by atoms with Crippen LogP contribution in [0.2, 0.25) is 0 Å². The number of carbonyl (C=O) groups is 2. The standard InChI is InChI=1S/C14H21N3O2/c1-3-10-4-6-11(7-5-10)9-17(2)14(19)12(15)8-13(16)18/h4-7,12H,3,8-9,15H2,1-2H3,(H2,16,18). The zero-order valence-corrected chi connectivity index (χ0v) is 11.4. The highest BCUT2D eigenvalue weighted by Gasteiger charge is 2.19. The van der Waals surface area contributed by atoms with E-state index in [-0.39, 0.29) is 12.3 Å². The summed E-state index contributed by atoms with van der Waals surface area (Å²) in [7, 11) is 1.66. The molecule has 5 heteroatoms. The summed E-state index contributed by atoms with van der Waals surface area (Å²) in [5.41, 5.74) is 12.9. The van der Waals surface area contributed by atoms with Gasteiger partial charge in [0, 0.05) is 13.6 Å². The van der Waals surface area contributed by atoms with Crippen LogP contribution in [0.25, 0.3) is 0 Å². The fourth-order valence-electron chi connectivity index (χ4n) is 1.82. The van der Waals surface area contributed by atoms with Crippen molar-refractivity contribution in [3.8, 4) is 0 Å². The number of rotatable bonds is 6. The molecule has 1 atom stereocenters. The Morgan fingerprint density at radius 3 is 2.21 bits per heavy atom. The van der Waals surface area contributed by atoms with Crippen molar-refractivity contribution in [1.82, 2.24) is 4.90 Å². The molecule has 0 aliphatic carbocycles. The third-order valence-electron chi connectivity index (χ3n) is 2.97. The van der Waals surface area contributed by atoms with Crippen LogP contribution in [0.5, 0.6) is 0 Å². The van der Waals surface area contributed by atoms with Crippen LogP contribution in [-0.4, -0.2) is 29.8 Å². The number of hydrogen-bond acceptors (Lipinski definition) is 3. The number of nitrogens with zero attached hydrogens (tertiary/aromatic N) is 1. The van der Waals surface area contributed by atoms with Crippen molar-refractivity contribution in [2.45, 2.75) is 32.4 Å². The van der Waals surface area contributed by atoms with Crippen LogP contribution in [0.1, 0.15) is 24.5 Å². The number of benzene rings is 1. The first-order valence-electron chi connectivity index (χ1n) is 6.30. The van der Waals surface area contributed by atoms with Crippen molar-refractivity contribution in [3.05, 3.63) is 35.4 Å². The molecule has 0 bridgehead atoms. The second-order valence-electron chi connectivity index (χ2n) is 4.64. The van der Waals surface area contributed by atoms with Crippen LogP contribution in [0, 0.1) is 0 Å². The fourth-order valence-corrected chi connectivity index (χ4v) is 1.82. The molecule has 1 unspecified atom stereocenters. The van der Waals surface area contributed by atoms with Crippen molar-refractivity contribution in [2.75, 3.05) is 7.05 Å². The Labute approximate surface area is 113 Å². The Bertz CT molecular complexity index is 443. The van der Waals surface area contributed by atoms with Crippen LogP contribution < -0.4 is 11.5 Å². The van der Waals surface area contributed by atoms with Gasteiger partial charge in [0.1, 0.15) is 0 Å². The minimum absolute atomic E-state index is 0.127. The predicted molar refractivity (Wildman–Crippen MR) is 74.1 cm³/mol. The lowest BCUT2D eigenvalue weighted by molar-refractivity contribution is -0.133. The summed E-state index contributed by atoms with van der Waals surface area (Å²) >= 11 is 0. The van der Waals surface area contributed by atoms with Gasteiger partial charge >= 0.3 is 0 Å². The molecule has 0 saturated heterocycles. The van der Waals surface area contributed by atoms with Gasteiger partial charge in [-0.2, -0.15) is 0 Å². The van der Waals surface area contributed by atoms with Crippen LogP contribution in [-0.2, 0) is 22.6 Å². The van der Waals surface area contributed by atoms with E-state index >= 15 is 0 Å². The normalized spacial score (nSPS) is 11.9. The van der Waals surface area contributed by atoms with Gasteiger partial charge in [0.15, 0.2) is 0 Å². The highest BCUT2D eigenvalue weighted by Crippen LogP contribution is 2.08. The van der Waals surface area contributed by atoms with Crippen LogP contribution in [0.3, 0.4) is 0 Å². The number of aryl methyl sites for hydroxylation is 1. The quantitative estimate of drug-likeness (QED) is 0.779. The summed E-state index contributed by atoms with van der Waals surface area (Å²) in [6.45, 7) is 2.56. The molecule has 0 saturated carbocycles. The molecule has 1 rings (SSSR count). The molecule has 1 aromatic rings. The summed E-state index contributed by atoms with van der Waals surface area (Å²) < 4.78 is 0. The summed E-state index contributed by atoms with van der Waals surface area (Å²) in [5, 5.41) is 0. The number of amides is 2. The van der Waals surface area contributed by atoms with Crippen molar-refractivity contribution < 1.29 is 9.59 Å². The highest BCUT2D eigenvalue weighted by molar-refractivity contribution is 5.87. The largest absolute Gasteiger partial charge is 0.370 e. The maximum absolute atomic E-state index is 11.9. The summed E-state index contributed by atoms with van der Waals surface area (Å²) in [5.74, 6) is -0.847. The molecular formula is C14H21N3O2. The van der Waals surface area contributed by atoms with Gasteiger partial charge in [-0.05, 0) is 17.5 Å². The molecule has 19 heavy (non-hydrogen) atoms. The lowest BCUT2D eigenvalue weighted by atomic mass is 10.1. The summed E-state index contributed by atoms with van der Waals surface area (Å²) in [4.78, 5) is 24.1. The SMILES string of the molecule is CCc1ccc(CN(C)C(=O)C(N)CC(N)=O)cc1. The zero-order valence-electron chi connectivity index (χ0n) is 11.4. The monoisotopic (exact) mass is 263 g/mol. The molecule has 0 spiro atoms. The van der Waals surface area contributed by atoms with Gasteiger partial charge in [0.2, 0.25) is 11.8 Å². The van der Waals surface area contributed by atoms with E-state index in [0.29, 0.717) is 6.54 Å². The fraction of sp³-hybridized carbons (Fsp3) is 0.429. The Kier molecular flexibility index (Phi) is 5.51. The molecule has 1 aromatic carbocycles. The molecule has 104 valence electrons. The van der Waals surface area contributed by atoms with E-state index in [4.69, 9.17) is 11.5 Å². The van der Waals surface area contributed by atoms with Crippen LogP contribution >= 0.6 is 0 Å². The van der Waals surface area contributed by atoms with Crippen LogP contribution in [0.4, 0.5) is 0 Å². The lowest BCUT2D eigenvalue weighted by Crippen LogP contribution is -2.43. The Balaban J connectivity index is 2.60. The molecule has 0 aliphatic heterocycles. The van der Waals surface area contributed by atoms with Gasteiger partial charge < -0.3 is 16.4 Å². The van der Waals surface area contributed by atoms with E-state index in [1.165, 1.54) is 10.5 Å². The zero-order chi connectivity index (χ0) is 14.4. The maximum Gasteiger partial charge on any atom is 0.240 e. The third kappa shape index (κ3) is 4.71. The summed E-state index contributed by atoms with van der Waals surface area (Å²) in [6.07, 6.45) is 0.858. The molecule has 2 amide bonds. The number of carbonyl (C=O) groups excluding carboxylic acids is 2. The second-order valence-corrected chi connectivity index (χ2v) is 4.64. The van der Waals surface area contributed by atoms with E-state index in [0.717, 1.165) is 12.0 Å². The third-order valence-corrected chi connectivity index (χ3v) is 2.97. The molecular weight excluding hydrogens is 242 g/mol. The van der Waals surface area contributed by atoms with Crippen molar-refractivity contribution >= 4 is 11.8 Å². The number of likely N-dealkylation sites (N-methyl/N-ethyl adjacent to an activating group) is 1. The maximum atomic E-state index is 11.9. The van der Waals surface area contributed by atoms with E-state index in [2.05, 4.69) is 6.92 Å². The first-order valence-corrected chi connectivity index (χ1v) is 6.30. The van der Waals surface area contributed by atoms with Gasteiger partial charge in [-0.15, -0.1) is 0 Å². The minimum atomic E-state index is -0.864. The van der Waals surface area contributed by atoms with Gasteiger partial charge in [-0.1, -0.05) is 31.2 Å². The Morgan fingerprint density at radius 2 is 1.74 bits per heavy atom. The molecule has 0 fully saturated rings. The van der Waals surface area contributed by atoms with Crippen molar-refractivity contribution in [1.29, 1.82) is 0 Å². The van der Waals surface area contributed by atoms with Gasteiger partial charge in [0.25, 0.3) is 0 Å². The number of nitrogens with two attached hydrogens (primary N) is 2. The Hall–Kier alpha value is -1.88. The summed E-state index contributed by atoms with van der Waals surface area (Å²) in [6, 6.07) is 7.19. The van der Waals surface area contributed by atoms with E-state index in [1.54, 1.807) is 7.05 Å². The second kappa shape index (κ2) is 6.89. The molecule has 4 N–H and O–H groups in total. The smallest absolute Gasteiger partial charge is 0.240 e. The van der Waals surface area contributed by atoms with E-state index in [1.807, 2.05) is 24.3 Å². The first kappa shape index (κ1) is 15.2. The van der Waals surface area contributed by atoms with Gasteiger partial charge in [-0.25, -0.2) is 0 Å². The molecule has 0 radical (unpaired) electrons. The lowest BCUT2D eigenvalue weighted by Gasteiger charge is -2.20. The number of primary amides is 1. The van der Waals surface area contributed by atoms with Gasteiger partial charge in [-0.3, -0.25) is 9.59 Å². The van der Waals surface area contributed by atoms with Gasteiger partial charge in [0.05, 0.1) is 12.5 Å². The van der Waals surface area contributed by atoms with E-state index in [9.17, 15) is 9.59 Å². The van der Waals surface area contributed by atoms with E-state index < -0.39 is 11.9 Å². The molecule has 5 nitrogen and oxygen atoms in total. The number of hydrogen-bond donors (Lipinski definition) is 2. The predicted octanol–water partition coefficient (Wildman–Crippen LogP) is 0.410. The topological polar surface area (TPSA) is 89.4 Å². The highest BCUT2D eigenvalue weighted by atomic mass is 16.2. The van der Waals surface area contributed by atoms with Crippen molar-refractivity contribution in [2.24, 2.45) is 11.5 Å². The Morgan fingerprint density at radius 1 is 1.21 bits per heavy atom. The molecule has 0 aromatic heterocycles. The average molecular weight is 263 g/mol. The van der Waals surface area contributed by atoms with Crippen LogP contribution in [0.15, 0.2) is 24.3 Å². The minimum Gasteiger partial charge on any atom is -0.370 e. The van der Waals surface area contributed by atoms with Crippen molar-refractivity contribution in [3.63, 3.8) is 0 Å². The first-order chi connectivity index (χ1) is 8.93. The molecule has 0 heterocycles.